The molecule has 0 heterocycles. The van der Waals surface area contributed by atoms with E-state index in [1.54, 1.807) is 0 Å². The minimum atomic E-state index is 0.481. The Morgan fingerprint density at radius 2 is 1.00 bits per heavy atom. The molecule has 2 heteroatoms. The molecular weight excluding hydrogens is 236 g/mol. The van der Waals surface area contributed by atoms with E-state index in [2.05, 4.69) is 27.7 Å². The Labute approximate surface area is 121 Å². The van der Waals surface area contributed by atoms with Crippen molar-refractivity contribution in [2.45, 2.75) is 79.1 Å². The number of hydrogen-bond acceptors (Lipinski definition) is 2. The van der Waals surface area contributed by atoms with Gasteiger partial charge in [0.25, 0.3) is 0 Å². The lowest BCUT2D eigenvalue weighted by atomic mass is 10.1. The summed E-state index contributed by atoms with van der Waals surface area (Å²) in [6.07, 6.45) is 10.3. The zero-order chi connectivity index (χ0) is 14.3. The summed E-state index contributed by atoms with van der Waals surface area (Å²) in [6, 6.07) is 0. The molecule has 0 aliphatic heterocycles. The van der Waals surface area contributed by atoms with E-state index in [1.807, 2.05) is 0 Å². The van der Waals surface area contributed by atoms with Crippen molar-refractivity contribution in [3.8, 4) is 0 Å². The highest BCUT2D eigenvalue weighted by Gasteiger charge is 1.96. The predicted octanol–water partition coefficient (Wildman–Crippen LogP) is 5.41. The van der Waals surface area contributed by atoms with Gasteiger partial charge in [-0.25, -0.2) is 0 Å². The lowest BCUT2D eigenvalue weighted by Gasteiger charge is -2.07. The summed E-state index contributed by atoms with van der Waals surface area (Å²) in [7, 11) is 0. The molecule has 0 aliphatic carbocycles. The first kappa shape index (κ1) is 18.9. The molecule has 0 saturated carbocycles. The maximum Gasteiger partial charge on any atom is 0.146 e. The van der Waals surface area contributed by atoms with Crippen LogP contribution in [0, 0.1) is 11.8 Å². The van der Waals surface area contributed by atoms with Gasteiger partial charge in [-0.2, -0.15) is 0 Å². The first-order valence-electron chi connectivity index (χ1n) is 8.28. The van der Waals surface area contributed by atoms with Crippen molar-refractivity contribution in [1.29, 1.82) is 0 Å². The van der Waals surface area contributed by atoms with Gasteiger partial charge >= 0.3 is 0 Å². The lowest BCUT2D eigenvalue weighted by molar-refractivity contribution is -0.0556. The summed E-state index contributed by atoms with van der Waals surface area (Å²) in [5, 5.41) is 0. The molecule has 0 N–H and O–H groups in total. The van der Waals surface area contributed by atoms with Crippen LogP contribution in [-0.2, 0) is 9.47 Å². The second-order valence-electron chi connectivity index (χ2n) is 6.42. The van der Waals surface area contributed by atoms with Crippen LogP contribution in [-0.4, -0.2) is 20.0 Å². The van der Waals surface area contributed by atoms with Crippen molar-refractivity contribution in [1.82, 2.24) is 0 Å². The van der Waals surface area contributed by atoms with E-state index in [4.69, 9.17) is 9.47 Å². The highest BCUT2D eigenvalue weighted by Crippen LogP contribution is 2.09. The van der Waals surface area contributed by atoms with Crippen LogP contribution in [0.15, 0.2) is 0 Å². The third kappa shape index (κ3) is 17.9. The largest absolute Gasteiger partial charge is 0.355 e. The Morgan fingerprint density at radius 3 is 1.37 bits per heavy atom. The molecule has 0 aromatic rings. The van der Waals surface area contributed by atoms with Gasteiger partial charge in [-0.05, 0) is 24.7 Å². The van der Waals surface area contributed by atoms with E-state index in [-0.39, 0.29) is 0 Å². The molecular formula is C17H36O2. The van der Waals surface area contributed by atoms with Gasteiger partial charge < -0.3 is 9.47 Å². The fourth-order valence-corrected chi connectivity index (χ4v) is 2.04. The molecule has 0 unspecified atom stereocenters. The van der Waals surface area contributed by atoms with Crippen LogP contribution in [0.5, 0.6) is 0 Å². The van der Waals surface area contributed by atoms with Gasteiger partial charge in [0.2, 0.25) is 0 Å². The highest BCUT2D eigenvalue weighted by atomic mass is 16.7. The van der Waals surface area contributed by atoms with E-state index < -0.39 is 0 Å². The molecule has 0 rings (SSSR count). The standard InChI is InChI=1S/C17H36O2/c1-16(2)11-7-5-9-13-18-15-19-14-10-6-8-12-17(3)4/h16-17H,5-15H2,1-4H3. The molecule has 0 atom stereocenters. The van der Waals surface area contributed by atoms with Crippen LogP contribution in [0.25, 0.3) is 0 Å². The summed E-state index contributed by atoms with van der Waals surface area (Å²) in [6.45, 7) is 11.3. The molecule has 0 saturated heterocycles. The minimum absolute atomic E-state index is 0.481. The Morgan fingerprint density at radius 1 is 0.579 bits per heavy atom. The van der Waals surface area contributed by atoms with Crippen LogP contribution in [0.3, 0.4) is 0 Å². The summed E-state index contributed by atoms with van der Waals surface area (Å²) >= 11 is 0. The van der Waals surface area contributed by atoms with Gasteiger partial charge in [0, 0.05) is 13.2 Å². The fraction of sp³-hybridized carbons (Fsp3) is 1.00. The smallest absolute Gasteiger partial charge is 0.146 e. The number of unbranched alkanes of at least 4 members (excludes halogenated alkanes) is 4. The predicted molar refractivity (Wildman–Crippen MR) is 83.4 cm³/mol. The summed E-state index contributed by atoms with van der Waals surface area (Å²) in [5.74, 6) is 1.67. The van der Waals surface area contributed by atoms with E-state index in [1.165, 1.54) is 51.4 Å². The van der Waals surface area contributed by atoms with Crippen molar-refractivity contribution >= 4 is 0 Å². The van der Waals surface area contributed by atoms with E-state index in [0.29, 0.717) is 6.79 Å². The molecule has 0 amide bonds. The second-order valence-corrected chi connectivity index (χ2v) is 6.42. The van der Waals surface area contributed by atoms with Crippen molar-refractivity contribution < 1.29 is 9.47 Å². The molecule has 0 radical (unpaired) electrons. The third-order valence-electron chi connectivity index (χ3n) is 3.31. The normalized spacial score (nSPS) is 11.7. The van der Waals surface area contributed by atoms with Crippen molar-refractivity contribution in [3.05, 3.63) is 0 Å². The van der Waals surface area contributed by atoms with Crippen LogP contribution >= 0.6 is 0 Å². The maximum atomic E-state index is 5.46. The monoisotopic (exact) mass is 272 g/mol. The van der Waals surface area contributed by atoms with Gasteiger partial charge in [0.05, 0.1) is 0 Å². The van der Waals surface area contributed by atoms with Gasteiger partial charge in [0.15, 0.2) is 0 Å². The molecule has 0 aromatic carbocycles. The Balaban J connectivity index is 2.95. The summed E-state index contributed by atoms with van der Waals surface area (Å²) in [5.41, 5.74) is 0. The van der Waals surface area contributed by atoms with E-state index in [0.717, 1.165) is 25.0 Å². The topological polar surface area (TPSA) is 18.5 Å². The molecule has 0 fully saturated rings. The number of ether oxygens (including phenoxy) is 2. The molecule has 2 nitrogen and oxygen atoms in total. The van der Waals surface area contributed by atoms with Crippen molar-refractivity contribution in [3.63, 3.8) is 0 Å². The highest BCUT2D eigenvalue weighted by molar-refractivity contribution is 4.47. The molecule has 0 aromatic heterocycles. The molecule has 0 spiro atoms. The Hall–Kier alpha value is -0.0800. The fourth-order valence-electron chi connectivity index (χ4n) is 2.04. The second kappa shape index (κ2) is 14.3. The maximum absolute atomic E-state index is 5.46. The zero-order valence-electron chi connectivity index (χ0n) is 13.7. The van der Waals surface area contributed by atoms with Gasteiger partial charge in [-0.3, -0.25) is 0 Å². The molecule has 0 aliphatic rings. The first-order valence-corrected chi connectivity index (χ1v) is 8.28. The summed E-state index contributed by atoms with van der Waals surface area (Å²) < 4.78 is 10.9. The lowest BCUT2D eigenvalue weighted by Crippen LogP contribution is -2.03. The van der Waals surface area contributed by atoms with Crippen molar-refractivity contribution in [2.24, 2.45) is 11.8 Å². The number of hydrogen-bond donors (Lipinski definition) is 0. The Bertz CT molecular complexity index is 149. The molecule has 116 valence electrons. The molecule has 0 bridgehead atoms. The van der Waals surface area contributed by atoms with Crippen LogP contribution in [0.4, 0.5) is 0 Å². The van der Waals surface area contributed by atoms with Crippen LogP contribution < -0.4 is 0 Å². The van der Waals surface area contributed by atoms with E-state index in [9.17, 15) is 0 Å². The number of rotatable bonds is 14. The van der Waals surface area contributed by atoms with Crippen LogP contribution in [0.2, 0.25) is 0 Å². The van der Waals surface area contributed by atoms with Crippen LogP contribution in [0.1, 0.15) is 79.1 Å². The van der Waals surface area contributed by atoms with E-state index >= 15 is 0 Å². The average Bonchev–Trinajstić information content (AvgIpc) is 2.34. The first-order chi connectivity index (χ1) is 9.13. The SMILES string of the molecule is CC(C)CCCCCOCOCCCCCC(C)C. The summed E-state index contributed by atoms with van der Waals surface area (Å²) in [4.78, 5) is 0. The van der Waals surface area contributed by atoms with Gasteiger partial charge in [-0.1, -0.05) is 66.2 Å². The average molecular weight is 272 g/mol. The zero-order valence-corrected chi connectivity index (χ0v) is 13.7. The Kier molecular flexibility index (Phi) is 14.3. The quantitative estimate of drug-likeness (QED) is 0.311. The minimum Gasteiger partial charge on any atom is -0.355 e. The van der Waals surface area contributed by atoms with Gasteiger partial charge in [-0.15, -0.1) is 0 Å². The van der Waals surface area contributed by atoms with Gasteiger partial charge in [0.1, 0.15) is 6.79 Å². The third-order valence-corrected chi connectivity index (χ3v) is 3.31. The van der Waals surface area contributed by atoms with Crippen molar-refractivity contribution in [2.75, 3.05) is 20.0 Å². The molecule has 19 heavy (non-hydrogen) atoms.